The SMILES string of the molecule is O=C(NCCc1cn2c(n1)CCCC2)[C@H]1C[C@]12CCc1ccccc12. The monoisotopic (exact) mass is 335 g/mol. The minimum absolute atomic E-state index is 0.147. The Morgan fingerprint density at radius 3 is 3.12 bits per heavy atom. The number of fused-ring (bicyclic) bond motifs is 3. The quantitative estimate of drug-likeness (QED) is 0.934. The fraction of sp³-hybridized carbons (Fsp3) is 0.524. The number of amides is 1. The lowest BCUT2D eigenvalue weighted by molar-refractivity contribution is -0.122. The normalized spacial score (nSPS) is 26.3. The summed E-state index contributed by atoms with van der Waals surface area (Å²) < 4.78 is 2.28. The number of hydrogen-bond donors (Lipinski definition) is 1. The van der Waals surface area contributed by atoms with Crippen LogP contribution in [0.15, 0.2) is 30.5 Å². The molecule has 2 atom stereocenters. The molecule has 1 fully saturated rings. The second-order valence-corrected chi connectivity index (χ2v) is 7.91. The van der Waals surface area contributed by atoms with Crippen molar-refractivity contribution in [2.24, 2.45) is 5.92 Å². The third-order valence-corrected chi connectivity index (χ3v) is 6.42. The minimum Gasteiger partial charge on any atom is -0.355 e. The maximum Gasteiger partial charge on any atom is 0.224 e. The summed E-state index contributed by atoms with van der Waals surface area (Å²) in [6.07, 6.45) is 9.89. The summed E-state index contributed by atoms with van der Waals surface area (Å²) >= 11 is 0. The molecule has 0 saturated heterocycles. The van der Waals surface area contributed by atoms with Gasteiger partial charge in [-0.3, -0.25) is 4.79 Å². The van der Waals surface area contributed by atoms with Crippen molar-refractivity contribution in [2.45, 2.75) is 56.9 Å². The summed E-state index contributed by atoms with van der Waals surface area (Å²) in [6.45, 7) is 1.79. The molecular weight excluding hydrogens is 310 g/mol. The van der Waals surface area contributed by atoms with E-state index in [0.717, 1.165) is 44.3 Å². The number of hydrogen-bond acceptors (Lipinski definition) is 2. The molecule has 1 amide bonds. The van der Waals surface area contributed by atoms with Crippen molar-refractivity contribution in [3.63, 3.8) is 0 Å². The van der Waals surface area contributed by atoms with Crippen LogP contribution in [0.4, 0.5) is 0 Å². The smallest absolute Gasteiger partial charge is 0.224 e. The van der Waals surface area contributed by atoms with E-state index in [4.69, 9.17) is 4.98 Å². The maximum absolute atomic E-state index is 12.6. The molecule has 4 nitrogen and oxygen atoms in total. The van der Waals surface area contributed by atoms with Gasteiger partial charge in [-0.2, -0.15) is 0 Å². The van der Waals surface area contributed by atoms with Crippen molar-refractivity contribution in [1.29, 1.82) is 0 Å². The van der Waals surface area contributed by atoms with E-state index in [2.05, 4.69) is 40.3 Å². The van der Waals surface area contributed by atoms with Gasteiger partial charge in [0.2, 0.25) is 5.91 Å². The number of nitrogens with one attached hydrogen (secondary N) is 1. The van der Waals surface area contributed by atoms with Crippen LogP contribution in [0.2, 0.25) is 0 Å². The van der Waals surface area contributed by atoms with Crippen LogP contribution >= 0.6 is 0 Å². The van der Waals surface area contributed by atoms with E-state index in [1.165, 1.54) is 29.8 Å². The van der Waals surface area contributed by atoms with Crippen molar-refractivity contribution in [3.8, 4) is 0 Å². The highest BCUT2D eigenvalue weighted by atomic mass is 16.2. The predicted octanol–water partition coefficient (Wildman–Crippen LogP) is 2.78. The molecule has 2 aromatic rings. The zero-order chi connectivity index (χ0) is 16.9. The number of aromatic nitrogens is 2. The Bertz CT molecular complexity index is 801. The van der Waals surface area contributed by atoms with Gasteiger partial charge in [-0.05, 0) is 43.2 Å². The number of imidazole rings is 1. The average molecular weight is 335 g/mol. The third-order valence-electron chi connectivity index (χ3n) is 6.42. The molecule has 5 rings (SSSR count). The second kappa shape index (κ2) is 5.72. The third kappa shape index (κ3) is 2.50. The Morgan fingerprint density at radius 2 is 2.20 bits per heavy atom. The Labute approximate surface area is 148 Å². The molecule has 25 heavy (non-hydrogen) atoms. The Hall–Kier alpha value is -2.10. The van der Waals surface area contributed by atoms with Crippen molar-refractivity contribution >= 4 is 5.91 Å². The number of rotatable bonds is 4. The fourth-order valence-electron chi connectivity index (χ4n) is 4.97. The molecular formula is C21H25N3O. The van der Waals surface area contributed by atoms with Crippen LogP contribution < -0.4 is 5.32 Å². The van der Waals surface area contributed by atoms with Crippen LogP contribution in [0, 0.1) is 5.92 Å². The van der Waals surface area contributed by atoms with E-state index in [1.807, 2.05) is 0 Å². The average Bonchev–Trinajstić information content (AvgIpc) is 3.03. The summed E-state index contributed by atoms with van der Waals surface area (Å²) in [4.78, 5) is 17.3. The van der Waals surface area contributed by atoms with Gasteiger partial charge in [0.25, 0.3) is 0 Å². The van der Waals surface area contributed by atoms with Crippen molar-refractivity contribution in [3.05, 3.63) is 53.1 Å². The Kier molecular flexibility index (Phi) is 3.47. The number of carbonyl (C=O) groups excluding carboxylic acids is 1. The summed E-state index contributed by atoms with van der Waals surface area (Å²) in [7, 11) is 0. The zero-order valence-corrected chi connectivity index (χ0v) is 14.6. The van der Waals surface area contributed by atoms with Crippen molar-refractivity contribution in [2.75, 3.05) is 6.54 Å². The van der Waals surface area contributed by atoms with E-state index in [1.54, 1.807) is 0 Å². The number of nitrogens with zero attached hydrogens (tertiary/aromatic N) is 2. The van der Waals surface area contributed by atoms with Gasteiger partial charge in [-0.1, -0.05) is 24.3 Å². The van der Waals surface area contributed by atoms with E-state index >= 15 is 0 Å². The zero-order valence-electron chi connectivity index (χ0n) is 14.6. The van der Waals surface area contributed by atoms with Gasteiger partial charge in [-0.15, -0.1) is 0 Å². The van der Waals surface area contributed by atoms with E-state index in [0.29, 0.717) is 6.54 Å². The molecule has 1 aromatic heterocycles. The van der Waals surface area contributed by atoms with Crippen LogP contribution in [-0.4, -0.2) is 22.0 Å². The van der Waals surface area contributed by atoms with E-state index < -0.39 is 0 Å². The fourth-order valence-corrected chi connectivity index (χ4v) is 4.97. The highest BCUT2D eigenvalue weighted by Gasteiger charge is 2.61. The van der Waals surface area contributed by atoms with Crippen molar-refractivity contribution in [1.82, 2.24) is 14.9 Å². The van der Waals surface area contributed by atoms with Gasteiger partial charge in [0.15, 0.2) is 0 Å². The highest BCUT2D eigenvalue weighted by molar-refractivity contribution is 5.85. The lowest BCUT2D eigenvalue weighted by Gasteiger charge is -2.11. The first-order valence-corrected chi connectivity index (χ1v) is 9.67. The molecule has 1 N–H and O–H groups in total. The van der Waals surface area contributed by atoms with E-state index in [9.17, 15) is 4.79 Å². The molecule has 1 aromatic carbocycles. The number of aryl methyl sites for hydroxylation is 3. The molecule has 0 bridgehead atoms. The summed E-state index contributed by atoms with van der Waals surface area (Å²) in [6, 6.07) is 8.67. The van der Waals surface area contributed by atoms with Gasteiger partial charge in [0.05, 0.1) is 5.69 Å². The van der Waals surface area contributed by atoms with Crippen LogP contribution in [-0.2, 0) is 36.0 Å². The highest BCUT2D eigenvalue weighted by Crippen LogP contribution is 2.61. The summed E-state index contributed by atoms with van der Waals surface area (Å²) in [5.74, 6) is 1.63. The molecule has 130 valence electrons. The molecule has 2 aliphatic carbocycles. The first kappa shape index (κ1) is 15.2. The molecule has 1 saturated carbocycles. The topological polar surface area (TPSA) is 46.9 Å². The lowest BCUT2D eigenvalue weighted by atomic mass is 9.95. The molecule has 4 heteroatoms. The minimum atomic E-state index is 0.147. The van der Waals surface area contributed by atoms with Crippen LogP contribution in [0.25, 0.3) is 0 Å². The van der Waals surface area contributed by atoms with Gasteiger partial charge in [0.1, 0.15) is 5.82 Å². The molecule has 0 unspecified atom stereocenters. The molecule has 1 spiro atoms. The van der Waals surface area contributed by atoms with Crippen molar-refractivity contribution < 1.29 is 4.79 Å². The molecule has 0 radical (unpaired) electrons. The van der Waals surface area contributed by atoms with Gasteiger partial charge in [-0.25, -0.2) is 4.98 Å². The number of carbonyl (C=O) groups is 1. The maximum atomic E-state index is 12.6. The largest absolute Gasteiger partial charge is 0.355 e. The molecule has 1 aliphatic heterocycles. The standard InChI is InChI=1S/C21H25N3O/c25-20(18-13-21(18)10-8-15-5-1-2-6-17(15)21)22-11-9-16-14-24-12-4-3-7-19(24)23-16/h1-2,5-6,14,18H,3-4,7-13H2,(H,22,25)/t18-,21+/m1/s1. The van der Waals surface area contributed by atoms with Gasteiger partial charge in [0, 0.05) is 43.5 Å². The van der Waals surface area contributed by atoms with E-state index in [-0.39, 0.29) is 17.2 Å². The van der Waals surface area contributed by atoms with Gasteiger partial charge >= 0.3 is 0 Å². The van der Waals surface area contributed by atoms with Gasteiger partial charge < -0.3 is 9.88 Å². The first-order chi connectivity index (χ1) is 12.3. The number of benzene rings is 1. The summed E-state index contributed by atoms with van der Waals surface area (Å²) in [5, 5.41) is 3.17. The van der Waals surface area contributed by atoms with Crippen LogP contribution in [0.3, 0.4) is 0 Å². The second-order valence-electron chi connectivity index (χ2n) is 7.91. The first-order valence-electron chi connectivity index (χ1n) is 9.67. The Balaban J connectivity index is 1.18. The Morgan fingerprint density at radius 1 is 1.28 bits per heavy atom. The summed E-state index contributed by atoms with van der Waals surface area (Å²) in [5.41, 5.74) is 4.14. The molecule has 2 heterocycles. The lowest BCUT2D eigenvalue weighted by Crippen LogP contribution is -2.29. The van der Waals surface area contributed by atoms with Crippen LogP contribution in [0.5, 0.6) is 0 Å². The molecule has 3 aliphatic rings. The predicted molar refractivity (Wildman–Crippen MR) is 96.4 cm³/mol. The van der Waals surface area contributed by atoms with Crippen LogP contribution in [0.1, 0.15) is 48.3 Å².